The summed E-state index contributed by atoms with van der Waals surface area (Å²) < 4.78 is 8.22. The zero-order chi connectivity index (χ0) is 24.8. The molecule has 35 heavy (non-hydrogen) atoms. The number of amides is 1. The number of ether oxygens (including phenoxy) is 1. The second-order valence-corrected chi connectivity index (χ2v) is 10.7. The Bertz CT molecular complexity index is 1140. The summed E-state index contributed by atoms with van der Waals surface area (Å²) >= 11 is 7.57. The normalized spacial score (nSPS) is 14.3. The van der Waals surface area contributed by atoms with Gasteiger partial charge in [0.15, 0.2) is 11.0 Å². The molecule has 0 atom stereocenters. The number of anilines is 1. The van der Waals surface area contributed by atoms with Gasteiger partial charge in [0.05, 0.1) is 5.75 Å². The Morgan fingerprint density at radius 3 is 2.57 bits per heavy atom. The Labute approximate surface area is 216 Å². The van der Waals surface area contributed by atoms with E-state index in [9.17, 15) is 4.79 Å². The number of hydrogen-bond donors (Lipinski definition) is 1. The highest BCUT2D eigenvalue weighted by atomic mass is 35.5. The van der Waals surface area contributed by atoms with Gasteiger partial charge in [0.1, 0.15) is 12.4 Å². The first-order valence-electron chi connectivity index (χ1n) is 12.3. The molecule has 0 aliphatic heterocycles. The molecule has 1 aliphatic carbocycles. The van der Waals surface area contributed by atoms with Crippen LogP contribution in [0.4, 0.5) is 5.69 Å². The lowest BCUT2D eigenvalue weighted by Crippen LogP contribution is -2.19. The first kappa shape index (κ1) is 25.6. The number of aryl methyl sites for hydroxylation is 1. The molecular weight excluding hydrogens is 480 g/mol. The van der Waals surface area contributed by atoms with Crippen molar-refractivity contribution >= 4 is 35.0 Å². The lowest BCUT2D eigenvalue weighted by molar-refractivity contribution is -0.113. The van der Waals surface area contributed by atoms with Crippen molar-refractivity contribution in [1.82, 2.24) is 14.8 Å². The Morgan fingerprint density at radius 1 is 1.14 bits per heavy atom. The molecule has 0 saturated heterocycles. The number of halogens is 1. The number of nitrogens with zero attached hydrogens (tertiary/aromatic N) is 3. The fourth-order valence-electron chi connectivity index (χ4n) is 4.34. The summed E-state index contributed by atoms with van der Waals surface area (Å²) in [6.07, 6.45) is 5.82. The molecule has 0 bridgehead atoms. The van der Waals surface area contributed by atoms with Crippen LogP contribution in [0.25, 0.3) is 0 Å². The summed E-state index contributed by atoms with van der Waals surface area (Å²) in [4.78, 5) is 12.6. The highest BCUT2D eigenvalue weighted by Gasteiger charge is 2.24. The van der Waals surface area contributed by atoms with Crippen LogP contribution in [0.2, 0.25) is 5.02 Å². The van der Waals surface area contributed by atoms with Gasteiger partial charge in [0.2, 0.25) is 5.91 Å². The second-order valence-electron chi connectivity index (χ2n) is 9.37. The third-order valence-electron chi connectivity index (χ3n) is 6.37. The van der Waals surface area contributed by atoms with E-state index in [1.54, 1.807) is 0 Å². The summed E-state index contributed by atoms with van der Waals surface area (Å²) in [6.45, 7) is 6.59. The Morgan fingerprint density at radius 2 is 1.89 bits per heavy atom. The van der Waals surface area contributed by atoms with Crippen LogP contribution in [-0.2, 0) is 11.4 Å². The van der Waals surface area contributed by atoms with Gasteiger partial charge < -0.3 is 10.1 Å². The number of nitrogens with one attached hydrogen (secondary N) is 1. The maximum Gasteiger partial charge on any atom is 0.234 e. The molecule has 6 nitrogen and oxygen atoms in total. The van der Waals surface area contributed by atoms with E-state index in [4.69, 9.17) is 16.3 Å². The largest absolute Gasteiger partial charge is 0.486 e. The standard InChI is InChI=1S/C27H33ClN4O2S/c1-18(2)20-9-11-21(12-10-20)29-26(33)17-35-27-31-30-25(32(27)22-7-5-4-6-8-22)16-34-23-13-14-24(28)19(3)15-23/h9-15,18,22H,4-8,16-17H2,1-3H3,(H,29,33). The van der Waals surface area contributed by atoms with E-state index in [2.05, 4.69) is 46.1 Å². The van der Waals surface area contributed by atoms with E-state index in [1.807, 2.05) is 37.3 Å². The zero-order valence-corrected chi connectivity index (χ0v) is 22.2. The van der Waals surface area contributed by atoms with Crippen LogP contribution in [0.5, 0.6) is 5.75 Å². The highest BCUT2D eigenvalue weighted by molar-refractivity contribution is 7.99. The smallest absolute Gasteiger partial charge is 0.234 e. The van der Waals surface area contributed by atoms with E-state index in [0.717, 1.165) is 45.8 Å². The Hall–Kier alpha value is -2.51. The van der Waals surface area contributed by atoms with Gasteiger partial charge in [0.25, 0.3) is 0 Å². The van der Waals surface area contributed by atoms with Crippen LogP contribution in [-0.4, -0.2) is 26.4 Å². The lowest BCUT2D eigenvalue weighted by Gasteiger charge is -2.25. The molecule has 1 amide bonds. The summed E-state index contributed by atoms with van der Waals surface area (Å²) in [5, 5.41) is 13.4. The van der Waals surface area contributed by atoms with Gasteiger partial charge in [-0.1, -0.05) is 68.6 Å². The van der Waals surface area contributed by atoms with Crippen molar-refractivity contribution in [2.45, 2.75) is 76.6 Å². The molecule has 0 spiro atoms. The molecule has 1 aromatic heterocycles. The minimum Gasteiger partial charge on any atom is -0.486 e. The fourth-order valence-corrected chi connectivity index (χ4v) is 5.29. The molecule has 0 unspecified atom stereocenters. The number of rotatable bonds is 9. The van der Waals surface area contributed by atoms with Crippen molar-refractivity contribution < 1.29 is 9.53 Å². The third-order valence-corrected chi connectivity index (χ3v) is 7.73. The zero-order valence-electron chi connectivity index (χ0n) is 20.6. The monoisotopic (exact) mass is 512 g/mol. The Kier molecular flexibility index (Phi) is 8.74. The molecule has 8 heteroatoms. The predicted octanol–water partition coefficient (Wildman–Crippen LogP) is 7.18. The molecule has 0 radical (unpaired) electrons. The van der Waals surface area contributed by atoms with Crippen LogP contribution < -0.4 is 10.1 Å². The van der Waals surface area contributed by atoms with E-state index < -0.39 is 0 Å². The molecule has 186 valence electrons. The summed E-state index contributed by atoms with van der Waals surface area (Å²) in [5.74, 6) is 2.22. The van der Waals surface area contributed by atoms with Gasteiger partial charge >= 0.3 is 0 Å². The highest BCUT2D eigenvalue weighted by Crippen LogP contribution is 2.33. The lowest BCUT2D eigenvalue weighted by atomic mass is 9.95. The number of aromatic nitrogens is 3. The van der Waals surface area contributed by atoms with E-state index in [1.165, 1.54) is 36.6 Å². The maximum absolute atomic E-state index is 12.6. The van der Waals surface area contributed by atoms with Gasteiger partial charge in [-0.2, -0.15) is 0 Å². The van der Waals surface area contributed by atoms with Crippen LogP contribution in [0.15, 0.2) is 47.6 Å². The van der Waals surface area contributed by atoms with Crippen molar-refractivity contribution in [3.63, 3.8) is 0 Å². The number of carbonyl (C=O) groups is 1. The summed E-state index contributed by atoms with van der Waals surface area (Å²) in [6, 6.07) is 14.0. The number of carbonyl (C=O) groups excluding carboxylic acids is 1. The third kappa shape index (κ3) is 6.79. The number of thioether (sulfide) groups is 1. The average Bonchev–Trinajstić information content (AvgIpc) is 3.27. The fraction of sp³-hybridized carbons (Fsp3) is 0.444. The van der Waals surface area contributed by atoms with Crippen LogP contribution in [0.3, 0.4) is 0 Å². The van der Waals surface area contributed by atoms with Crippen molar-refractivity contribution in [1.29, 1.82) is 0 Å². The van der Waals surface area contributed by atoms with Gasteiger partial charge in [-0.15, -0.1) is 10.2 Å². The predicted molar refractivity (Wildman–Crippen MR) is 143 cm³/mol. The van der Waals surface area contributed by atoms with Crippen LogP contribution in [0, 0.1) is 6.92 Å². The molecule has 1 saturated carbocycles. The van der Waals surface area contributed by atoms with Crippen molar-refractivity contribution in [3.05, 3.63) is 64.4 Å². The molecule has 1 aliphatic rings. The first-order valence-corrected chi connectivity index (χ1v) is 13.6. The molecule has 1 heterocycles. The molecule has 1 fully saturated rings. The SMILES string of the molecule is Cc1cc(OCc2nnc(SCC(=O)Nc3ccc(C(C)C)cc3)n2C2CCCCC2)ccc1Cl. The summed E-state index contributed by atoms with van der Waals surface area (Å²) in [7, 11) is 0. The summed E-state index contributed by atoms with van der Waals surface area (Å²) in [5.41, 5.74) is 3.03. The molecule has 1 N–H and O–H groups in total. The minimum absolute atomic E-state index is 0.0556. The van der Waals surface area contributed by atoms with Gasteiger partial charge in [0, 0.05) is 16.8 Å². The Balaban J connectivity index is 1.42. The van der Waals surface area contributed by atoms with Gasteiger partial charge in [-0.05, 0) is 67.1 Å². The maximum atomic E-state index is 12.6. The molecule has 3 aromatic rings. The molecule has 4 rings (SSSR count). The number of benzene rings is 2. The quantitative estimate of drug-likeness (QED) is 0.307. The average molecular weight is 513 g/mol. The second kappa shape index (κ2) is 12.0. The van der Waals surface area contributed by atoms with E-state index in [0.29, 0.717) is 18.6 Å². The van der Waals surface area contributed by atoms with Gasteiger partial charge in [-0.3, -0.25) is 9.36 Å². The topological polar surface area (TPSA) is 69.0 Å². The van der Waals surface area contributed by atoms with Crippen molar-refractivity contribution in [2.75, 3.05) is 11.1 Å². The van der Waals surface area contributed by atoms with Crippen LogP contribution >= 0.6 is 23.4 Å². The molecular formula is C27H33ClN4O2S. The number of hydrogen-bond acceptors (Lipinski definition) is 5. The van der Waals surface area contributed by atoms with Gasteiger partial charge in [-0.25, -0.2) is 0 Å². The van der Waals surface area contributed by atoms with Crippen molar-refractivity contribution in [3.8, 4) is 5.75 Å². The first-order chi connectivity index (χ1) is 16.9. The van der Waals surface area contributed by atoms with E-state index in [-0.39, 0.29) is 11.7 Å². The van der Waals surface area contributed by atoms with Crippen LogP contribution in [0.1, 0.15) is 74.9 Å². The molecule has 2 aromatic carbocycles. The van der Waals surface area contributed by atoms with E-state index >= 15 is 0 Å². The van der Waals surface area contributed by atoms with Crippen molar-refractivity contribution in [2.24, 2.45) is 0 Å². The minimum atomic E-state index is -0.0556.